The Morgan fingerprint density at radius 1 is 1.30 bits per heavy atom. The number of nitrogens with zero attached hydrogens (tertiary/aromatic N) is 1. The zero-order valence-corrected chi connectivity index (χ0v) is 14.2. The fourth-order valence-corrected chi connectivity index (χ4v) is 2.31. The smallest absolute Gasteiger partial charge is 0.408 e. The molecule has 0 spiro atoms. The topological polar surface area (TPSA) is 105 Å². The number of carbonyl (C=O) groups excluding carboxylic acids is 2. The van der Waals surface area contributed by atoms with Gasteiger partial charge in [0, 0.05) is 19.6 Å². The molecule has 1 atom stereocenters. The number of alkyl carbamates (subject to hydrolysis) is 1. The van der Waals surface area contributed by atoms with Gasteiger partial charge in [0.15, 0.2) is 5.54 Å². The van der Waals surface area contributed by atoms with Gasteiger partial charge in [0.25, 0.3) is 0 Å². The Labute approximate surface area is 136 Å². The van der Waals surface area contributed by atoms with E-state index in [1.165, 1.54) is 4.90 Å². The molecule has 0 radical (unpaired) electrons. The van der Waals surface area contributed by atoms with Crippen molar-refractivity contribution < 1.29 is 29.0 Å². The second-order valence-corrected chi connectivity index (χ2v) is 6.53. The molecule has 0 aromatic heterocycles. The highest BCUT2D eigenvalue weighted by molar-refractivity contribution is 5.87. The average molecular weight is 330 g/mol. The maximum absolute atomic E-state index is 12.1. The van der Waals surface area contributed by atoms with Crippen molar-refractivity contribution in [2.75, 3.05) is 26.3 Å². The fraction of sp³-hybridized carbons (Fsp3) is 0.800. The van der Waals surface area contributed by atoms with Crippen LogP contribution in [-0.2, 0) is 19.1 Å². The predicted octanol–water partition coefficient (Wildman–Crippen LogP) is 0.993. The molecule has 2 amide bonds. The molecule has 0 aromatic rings. The minimum Gasteiger partial charge on any atom is -0.479 e. The summed E-state index contributed by atoms with van der Waals surface area (Å²) in [5, 5.41) is 11.9. The third kappa shape index (κ3) is 5.70. The fourth-order valence-electron chi connectivity index (χ4n) is 2.31. The molecule has 2 N–H and O–H groups in total. The van der Waals surface area contributed by atoms with E-state index in [0.717, 1.165) is 0 Å². The summed E-state index contributed by atoms with van der Waals surface area (Å²) in [6, 6.07) is 0. The van der Waals surface area contributed by atoms with Crippen molar-refractivity contribution in [3.05, 3.63) is 0 Å². The van der Waals surface area contributed by atoms with Crippen LogP contribution in [0, 0.1) is 0 Å². The minimum absolute atomic E-state index is 0.0769. The molecular weight excluding hydrogens is 304 g/mol. The van der Waals surface area contributed by atoms with Gasteiger partial charge >= 0.3 is 12.1 Å². The van der Waals surface area contributed by atoms with Gasteiger partial charge in [-0.3, -0.25) is 4.79 Å². The largest absolute Gasteiger partial charge is 0.479 e. The summed E-state index contributed by atoms with van der Waals surface area (Å²) in [5.74, 6) is -1.36. The molecule has 1 aliphatic rings. The van der Waals surface area contributed by atoms with E-state index in [4.69, 9.17) is 9.47 Å². The zero-order valence-electron chi connectivity index (χ0n) is 14.2. The van der Waals surface area contributed by atoms with Crippen LogP contribution in [0.3, 0.4) is 0 Å². The second-order valence-electron chi connectivity index (χ2n) is 6.53. The summed E-state index contributed by atoms with van der Waals surface area (Å²) in [6.07, 6.45) is -0.471. The number of ether oxygens (including phenoxy) is 2. The lowest BCUT2D eigenvalue weighted by atomic mass is 9.99. The summed E-state index contributed by atoms with van der Waals surface area (Å²) in [7, 11) is 0. The number of rotatable bonds is 6. The molecule has 0 saturated carbocycles. The van der Waals surface area contributed by atoms with Gasteiger partial charge in [0.05, 0.1) is 19.6 Å². The van der Waals surface area contributed by atoms with E-state index in [0.29, 0.717) is 13.2 Å². The molecule has 23 heavy (non-hydrogen) atoms. The lowest BCUT2D eigenvalue weighted by molar-refractivity contribution is -0.144. The van der Waals surface area contributed by atoms with Crippen molar-refractivity contribution in [2.45, 2.75) is 51.7 Å². The van der Waals surface area contributed by atoms with Crippen molar-refractivity contribution in [3.8, 4) is 0 Å². The number of aliphatic carboxylic acids is 1. The average Bonchev–Trinajstić information content (AvgIpc) is 2.82. The predicted molar refractivity (Wildman–Crippen MR) is 82.0 cm³/mol. The summed E-state index contributed by atoms with van der Waals surface area (Å²) in [4.78, 5) is 37.0. The Morgan fingerprint density at radius 3 is 2.48 bits per heavy atom. The lowest BCUT2D eigenvalue weighted by Crippen LogP contribution is -2.57. The van der Waals surface area contributed by atoms with E-state index in [1.807, 2.05) is 6.92 Å². The molecule has 1 heterocycles. The van der Waals surface area contributed by atoms with Gasteiger partial charge in [-0.15, -0.1) is 0 Å². The number of likely N-dealkylation sites (tertiary alicyclic amines) is 1. The SMILES string of the molecule is CCOCCC(=O)N1CCC(NC(=O)OC(C)(C)C)(C(=O)O)C1. The third-order valence-corrected chi connectivity index (χ3v) is 3.44. The van der Waals surface area contributed by atoms with Crippen LogP contribution in [0.5, 0.6) is 0 Å². The van der Waals surface area contributed by atoms with Crippen LogP contribution in [0.25, 0.3) is 0 Å². The first-order chi connectivity index (χ1) is 10.6. The van der Waals surface area contributed by atoms with Crippen LogP contribution in [0.4, 0.5) is 4.79 Å². The van der Waals surface area contributed by atoms with E-state index in [-0.39, 0.29) is 31.8 Å². The number of hydrogen-bond donors (Lipinski definition) is 2. The van der Waals surface area contributed by atoms with Crippen LogP contribution < -0.4 is 5.32 Å². The van der Waals surface area contributed by atoms with E-state index in [1.54, 1.807) is 20.8 Å². The maximum Gasteiger partial charge on any atom is 0.408 e. The zero-order chi connectivity index (χ0) is 17.7. The first kappa shape index (κ1) is 19.2. The molecule has 0 aromatic carbocycles. The van der Waals surface area contributed by atoms with E-state index >= 15 is 0 Å². The van der Waals surface area contributed by atoms with Crippen molar-refractivity contribution in [3.63, 3.8) is 0 Å². The lowest BCUT2D eigenvalue weighted by Gasteiger charge is -2.28. The number of nitrogens with one attached hydrogen (secondary N) is 1. The van der Waals surface area contributed by atoms with Gasteiger partial charge in [0.2, 0.25) is 5.91 Å². The number of carboxylic acid groups (broad SMARTS) is 1. The minimum atomic E-state index is -1.51. The number of carbonyl (C=O) groups is 3. The van der Waals surface area contributed by atoms with Crippen LogP contribution in [-0.4, -0.2) is 65.4 Å². The van der Waals surface area contributed by atoms with Crippen LogP contribution in [0.2, 0.25) is 0 Å². The number of carboxylic acids is 1. The molecular formula is C15H26N2O6. The molecule has 1 rings (SSSR count). The highest BCUT2D eigenvalue weighted by Crippen LogP contribution is 2.23. The Balaban J connectivity index is 2.68. The van der Waals surface area contributed by atoms with Gasteiger partial charge in [-0.05, 0) is 27.7 Å². The van der Waals surface area contributed by atoms with Crippen LogP contribution >= 0.6 is 0 Å². The first-order valence-electron chi connectivity index (χ1n) is 7.70. The van der Waals surface area contributed by atoms with Crippen LogP contribution in [0.1, 0.15) is 40.5 Å². The Kier molecular flexibility index (Phi) is 6.37. The molecule has 0 bridgehead atoms. The standard InChI is InChI=1S/C15H26N2O6/c1-5-22-9-6-11(18)17-8-7-15(10-17,12(19)20)16-13(21)23-14(2,3)4/h5-10H2,1-4H3,(H,16,21)(H,19,20). The van der Waals surface area contributed by atoms with Gasteiger partial charge in [-0.2, -0.15) is 0 Å². The van der Waals surface area contributed by atoms with Crippen molar-refractivity contribution in [1.29, 1.82) is 0 Å². The van der Waals surface area contributed by atoms with Gasteiger partial charge < -0.3 is 24.8 Å². The molecule has 1 unspecified atom stereocenters. The molecule has 1 aliphatic heterocycles. The summed E-state index contributed by atoms with van der Waals surface area (Å²) < 4.78 is 10.2. The number of amides is 2. The van der Waals surface area contributed by atoms with Crippen molar-refractivity contribution >= 4 is 18.0 Å². The first-order valence-corrected chi connectivity index (χ1v) is 7.70. The molecule has 1 fully saturated rings. The Bertz CT molecular complexity index is 459. The summed E-state index contributed by atoms with van der Waals surface area (Å²) in [6.45, 7) is 7.92. The molecule has 0 aliphatic carbocycles. The highest BCUT2D eigenvalue weighted by atomic mass is 16.6. The Hall–Kier alpha value is -1.83. The van der Waals surface area contributed by atoms with Gasteiger partial charge in [0.1, 0.15) is 5.60 Å². The Morgan fingerprint density at radius 2 is 1.96 bits per heavy atom. The quantitative estimate of drug-likeness (QED) is 0.704. The third-order valence-electron chi connectivity index (χ3n) is 3.44. The summed E-state index contributed by atoms with van der Waals surface area (Å²) in [5.41, 5.74) is -2.24. The van der Waals surface area contributed by atoms with E-state index in [9.17, 15) is 19.5 Å². The van der Waals surface area contributed by atoms with Crippen molar-refractivity contribution in [1.82, 2.24) is 10.2 Å². The van der Waals surface area contributed by atoms with E-state index < -0.39 is 23.2 Å². The number of hydrogen-bond acceptors (Lipinski definition) is 5. The van der Waals surface area contributed by atoms with Gasteiger partial charge in [-0.1, -0.05) is 0 Å². The van der Waals surface area contributed by atoms with E-state index in [2.05, 4.69) is 5.32 Å². The molecule has 8 nitrogen and oxygen atoms in total. The van der Waals surface area contributed by atoms with Crippen molar-refractivity contribution in [2.24, 2.45) is 0 Å². The molecule has 132 valence electrons. The van der Waals surface area contributed by atoms with Gasteiger partial charge in [-0.25, -0.2) is 9.59 Å². The maximum atomic E-state index is 12.1. The normalized spacial score (nSPS) is 21.1. The monoisotopic (exact) mass is 330 g/mol. The highest BCUT2D eigenvalue weighted by Gasteiger charge is 2.48. The summed E-state index contributed by atoms with van der Waals surface area (Å²) >= 11 is 0. The molecule has 1 saturated heterocycles. The van der Waals surface area contributed by atoms with Crippen LogP contribution in [0.15, 0.2) is 0 Å². The second kappa shape index (κ2) is 7.63. The molecule has 8 heteroatoms.